The molecular formula is C17H23BrN2O5. The van der Waals surface area contributed by atoms with Crippen molar-refractivity contribution in [1.82, 2.24) is 9.47 Å². The first-order chi connectivity index (χ1) is 11.9. The fourth-order valence-electron chi connectivity index (χ4n) is 2.88. The summed E-state index contributed by atoms with van der Waals surface area (Å²) in [5.41, 5.74) is 1.87. The smallest absolute Gasteiger partial charge is 0.340 e. The van der Waals surface area contributed by atoms with Gasteiger partial charge in [-0.25, -0.2) is 4.79 Å². The third-order valence-corrected chi connectivity index (χ3v) is 4.71. The van der Waals surface area contributed by atoms with Gasteiger partial charge in [0.25, 0.3) is 0 Å². The van der Waals surface area contributed by atoms with Crippen LogP contribution in [0.3, 0.4) is 0 Å². The van der Waals surface area contributed by atoms with Crippen LogP contribution in [0.1, 0.15) is 23.0 Å². The molecule has 0 saturated heterocycles. The van der Waals surface area contributed by atoms with Gasteiger partial charge in [-0.1, -0.05) is 0 Å². The molecule has 0 bridgehead atoms. The highest BCUT2D eigenvalue weighted by atomic mass is 79.9. The number of ether oxygens (including phenoxy) is 1. The SMILES string of the molecule is CCOC(=O)c1c(CN(CCO)CCO)n(C)c2cc(Br)c(O)cc12. The summed E-state index contributed by atoms with van der Waals surface area (Å²) in [5, 5.41) is 29.1. The van der Waals surface area contributed by atoms with E-state index in [9.17, 15) is 20.1 Å². The number of nitrogens with zero attached hydrogens (tertiary/aromatic N) is 2. The van der Waals surface area contributed by atoms with Crippen molar-refractivity contribution in [1.29, 1.82) is 0 Å². The number of fused-ring (bicyclic) bond motifs is 1. The Morgan fingerprint density at radius 3 is 2.48 bits per heavy atom. The zero-order valence-electron chi connectivity index (χ0n) is 14.3. The number of esters is 1. The van der Waals surface area contributed by atoms with Crippen molar-refractivity contribution in [3.05, 3.63) is 27.9 Å². The molecule has 1 aromatic carbocycles. The molecule has 0 spiro atoms. The van der Waals surface area contributed by atoms with E-state index in [0.29, 0.717) is 40.8 Å². The lowest BCUT2D eigenvalue weighted by molar-refractivity contribution is 0.0525. The quantitative estimate of drug-likeness (QED) is 0.568. The molecule has 0 aliphatic heterocycles. The van der Waals surface area contributed by atoms with Crippen LogP contribution in [-0.2, 0) is 18.3 Å². The highest BCUT2D eigenvalue weighted by Crippen LogP contribution is 2.34. The molecule has 7 nitrogen and oxygen atoms in total. The van der Waals surface area contributed by atoms with Crippen molar-refractivity contribution in [2.45, 2.75) is 13.5 Å². The number of phenolic OH excluding ortho intramolecular Hbond substituents is 1. The first kappa shape index (κ1) is 19.7. The van der Waals surface area contributed by atoms with Crippen molar-refractivity contribution in [3.8, 4) is 5.75 Å². The number of hydrogen-bond acceptors (Lipinski definition) is 6. The summed E-state index contributed by atoms with van der Waals surface area (Å²) in [4.78, 5) is 14.4. The van der Waals surface area contributed by atoms with E-state index in [4.69, 9.17) is 4.74 Å². The van der Waals surface area contributed by atoms with Crippen LogP contribution in [0, 0.1) is 0 Å². The number of aliphatic hydroxyl groups excluding tert-OH is 2. The highest BCUT2D eigenvalue weighted by Gasteiger charge is 2.24. The minimum absolute atomic E-state index is 0.0396. The maximum Gasteiger partial charge on any atom is 0.340 e. The van der Waals surface area contributed by atoms with E-state index in [0.717, 1.165) is 5.52 Å². The van der Waals surface area contributed by atoms with Crippen LogP contribution in [0.4, 0.5) is 0 Å². The van der Waals surface area contributed by atoms with Gasteiger partial charge in [0.15, 0.2) is 0 Å². The number of halogens is 1. The third kappa shape index (κ3) is 4.14. The summed E-state index contributed by atoms with van der Waals surface area (Å²) < 4.78 is 7.60. The fourth-order valence-corrected chi connectivity index (χ4v) is 3.21. The second-order valence-electron chi connectivity index (χ2n) is 5.65. The van der Waals surface area contributed by atoms with E-state index in [1.807, 2.05) is 16.5 Å². The van der Waals surface area contributed by atoms with Gasteiger partial charge >= 0.3 is 5.97 Å². The minimum Gasteiger partial charge on any atom is -0.507 e. The number of hydrogen-bond donors (Lipinski definition) is 3. The average molecular weight is 415 g/mol. The maximum absolute atomic E-state index is 12.5. The predicted octanol–water partition coefficient (Wildman–Crippen LogP) is 1.61. The molecule has 0 aliphatic rings. The molecule has 138 valence electrons. The van der Waals surface area contributed by atoms with Crippen molar-refractivity contribution >= 4 is 32.8 Å². The number of rotatable bonds is 8. The van der Waals surface area contributed by atoms with Crippen molar-refractivity contribution in [2.75, 3.05) is 32.9 Å². The van der Waals surface area contributed by atoms with E-state index < -0.39 is 5.97 Å². The Morgan fingerprint density at radius 1 is 1.28 bits per heavy atom. The number of aromatic nitrogens is 1. The van der Waals surface area contributed by atoms with Crippen LogP contribution in [-0.4, -0.2) is 63.7 Å². The molecule has 8 heteroatoms. The number of phenols is 1. The Morgan fingerprint density at radius 2 is 1.92 bits per heavy atom. The zero-order chi connectivity index (χ0) is 18.6. The number of aryl methyl sites for hydroxylation is 1. The molecule has 0 saturated carbocycles. The lowest BCUT2D eigenvalue weighted by Gasteiger charge is -2.21. The van der Waals surface area contributed by atoms with Gasteiger partial charge < -0.3 is 24.6 Å². The van der Waals surface area contributed by atoms with Gasteiger partial charge in [0.1, 0.15) is 5.75 Å². The molecular weight excluding hydrogens is 392 g/mol. The van der Waals surface area contributed by atoms with Crippen LogP contribution < -0.4 is 0 Å². The van der Waals surface area contributed by atoms with Gasteiger partial charge in [0.2, 0.25) is 0 Å². The van der Waals surface area contributed by atoms with Crippen molar-refractivity contribution in [2.24, 2.45) is 7.05 Å². The Labute approximate surface area is 154 Å². The van der Waals surface area contributed by atoms with Gasteiger partial charge in [-0.05, 0) is 35.0 Å². The van der Waals surface area contributed by atoms with E-state index in [-0.39, 0.29) is 25.6 Å². The lowest BCUT2D eigenvalue weighted by atomic mass is 10.1. The largest absolute Gasteiger partial charge is 0.507 e. The fraction of sp³-hybridized carbons (Fsp3) is 0.471. The summed E-state index contributed by atoms with van der Waals surface area (Å²) in [5.74, 6) is -0.421. The van der Waals surface area contributed by atoms with E-state index in [2.05, 4.69) is 15.9 Å². The molecule has 1 aromatic heterocycles. The van der Waals surface area contributed by atoms with Crippen molar-refractivity contribution in [3.63, 3.8) is 0 Å². The predicted molar refractivity (Wildman–Crippen MR) is 97.7 cm³/mol. The average Bonchev–Trinajstić information content (AvgIpc) is 2.81. The number of carbonyl (C=O) groups is 1. The summed E-state index contributed by atoms with van der Waals surface area (Å²) in [6, 6.07) is 3.29. The number of benzene rings is 1. The highest BCUT2D eigenvalue weighted by molar-refractivity contribution is 9.10. The molecule has 0 radical (unpaired) electrons. The zero-order valence-corrected chi connectivity index (χ0v) is 15.9. The second kappa shape index (κ2) is 8.66. The first-order valence-electron chi connectivity index (χ1n) is 8.05. The summed E-state index contributed by atoms with van der Waals surface area (Å²) in [7, 11) is 1.83. The van der Waals surface area contributed by atoms with E-state index in [1.165, 1.54) is 6.07 Å². The van der Waals surface area contributed by atoms with Gasteiger partial charge in [0, 0.05) is 37.8 Å². The maximum atomic E-state index is 12.5. The molecule has 0 unspecified atom stereocenters. The van der Waals surface area contributed by atoms with Crippen LogP contribution >= 0.6 is 15.9 Å². The van der Waals surface area contributed by atoms with Gasteiger partial charge in [0.05, 0.1) is 35.4 Å². The monoisotopic (exact) mass is 414 g/mol. The summed E-state index contributed by atoms with van der Waals surface area (Å²) >= 11 is 3.30. The number of carbonyl (C=O) groups excluding carboxylic acids is 1. The van der Waals surface area contributed by atoms with Gasteiger partial charge in [-0.15, -0.1) is 0 Å². The molecule has 0 fully saturated rings. The molecule has 0 aliphatic carbocycles. The number of aliphatic hydroxyl groups is 2. The lowest BCUT2D eigenvalue weighted by Crippen LogP contribution is -2.31. The van der Waals surface area contributed by atoms with Crippen LogP contribution in [0.2, 0.25) is 0 Å². The van der Waals surface area contributed by atoms with Crippen LogP contribution in [0.5, 0.6) is 5.75 Å². The molecule has 2 rings (SSSR count). The van der Waals surface area contributed by atoms with Crippen molar-refractivity contribution < 1.29 is 24.9 Å². The summed E-state index contributed by atoms with van der Waals surface area (Å²) in [6.07, 6.45) is 0. The Balaban J connectivity index is 2.61. The molecule has 25 heavy (non-hydrogen) atoms. The Bertz CT molecular complexity index is 753. The second-order valence-corrected chi connectivity index (χ2v) is 6.50. The molecule has 1 heterocycles. The Hall–Kier alpha value is -1.61. The van der Waals surface area contributed by atoms with Gasteiger partial charge in [-0.3, -0.25) is 4.90 Å². The number of aromatic hydroxyl groups is 1. The minimum atomic E-state index is -0.460. The standard InChI is InChI=1S/C17H23BrN2O5/c1-3-25-17(24)16-11-8-15(23)12(18)9-13(11)19(2)14(16)10-20(4-6-21)5-7-22/h8-9,21-23H,3-7,10H2,1-2H3. The molecule has 2 aromatic rings. The third-order valence-electron chi connectivity index (χ3n) is 4.07. The first-order valence-corrected chi connectivity index (χ1v) is 8.84. The van der Waals surface area contributed by atoms with Gasteiger partial charge in [-0.2, -0.15) is 0 Å². The van der Waals surface area contributed by atoms with Crippen LogP contribution in [0.15, 0.2) is 16.6 Å². The van der Waals surface area contributed by atoms with Crippen LogP contribution in [0.25, 0.3) is 10.9 Å². The van der Waals surface area contributed by atoms with E-state index in [1.54, 1.807) is 13.0 Å². The topological polar surface area (TPSA) is 95.2 Å². The summed E-state index contributed by atoms with van der Waals surface area (Å²) in [6.45, 7) is 2.99. The normalized spacial score (nSPS) is 11.4. The molecule has 0 amide bonds. The molecule has 0 atom stereocenters. The Kier molecular flexibility index (Phi) is 6.83. The molecule has 3 N–H and O–H groups in total. The van der Waals surface area contributed by atoms with E-state index >= 15 is 0 Å².